The van der Waals surface area contributed by atoms with Crippen LogP contribution in [0.15, 0.2) is 41.2 Å². The number of alkyl halides is 2. The summed E-state index contributed by atoms with van der Waals surface area (Å²) in [5.41, 5.74) is 2.56. The van der Waals surface area contributed by atoms with Crippen molar-refractivity contribution in [1.82, 2.24) is 4.57 Å². The van der Waals surface area contributed by atoms with E-state index < -0.39 is 13.0 Å². The van der Waals surface area contributed by atoms with Crippen molar-refractivity contribution in [3.8, 4) is 11.3 Å². The maximum atomic E-state index is 12.8. The van der Waals surface area contributed by atoms with Crippen molar-refractivity contribution in [2.75, 3.05) is 0 Å². The molecule has 0 aliphatic carbocycles. The molecule has 106 valence electrons. The first-order valence-corrected chi connectivity index (χ1v) is 6.61. The summed E-state index contributed by atoms with van der Waals surface area (Å²) in [6.45, 7) is 3.07. The summed E-state index contributed by atoms with van der Waals surface area (Å²) in [4.78, 5) is 12.1. The Morgan fingerprint density at radius 3 is 2.50 bits per heavy atom. The highest BCUT2D eigenvalue weighted by atomic mass is 19.3. The highest BCUT2D eigenvalue weighted by Gasteiger charge is 2.14. The van der Waals surface area contributed by atoms with Gasteiger partial charge in [-0.2, -0.15) is 0 Å². The summed E-state index contributed by atoms with van der Waals surface area (Å²) in [5.74, 6) is 0. The van der Waals surface area contributed by atoms with Crippen LogP contribution in [0.1, 0.15) is 18.1 Å². The van der Waals surface area contributed by atoms with Gasteiger partial charge in [0.1, 0.15) is 0 Å². The third-order valence-electron chi connectivity index (χ3n) is 3.36. The largest absolute Gasteiger partial charge is 0.302 e. The summed E-state index contributed by atoms with van der Waals surface area (Å²) < 4.78 is 26.7. The van der Waals surface area contributed by atoms with Gasteiger partial charge in [-0.1, -0.05) is 37.3 Å². The SMILES string of the molecule is CCc1ccccc1-c1ccc(C)c(=O)n1CC(F)F. The van der Waals surface area contributed by atoms with Crippen LogP contribution >= 0.6 is 0 Å². The van der Waals surface area contributed by atoms with E-state index in [2.05, 4.69) is 0 Å². The fraction of sp³-hybridized carbons (Fsp3) is 0.312. The van der Waals surface area contributed by atoms with Crippen LogP contribution in [0.5, 0.6) is 0 Å². The molecule has 4 heteroatoms. The summed E-state index contributed by atoms with van der Waals surface area (Å²) >= 11 is 0. The van der Waals surface area contributed by atoms with Gasteiger partial charge in [-0.25, -0.2) is 8.78 Å². The fourth-order valence-corrected chi connectivity index (χ4v) is 2.32. The predicted molar refractivity (Wildman–Crippen MR) is 76.3 cm³/mol. The molecule has 0 aliphatic rings. The highest BCUT2D eigenvalue weighted by molar-refractivity contribution is 5.64. The average Bonchev–Trinajstić information content (AvgIpc) is 2.44. The van der Waals surface area contributed by atoms with Gasteiger partial charge in [0.2, 0.25) is 0 Å². The molecule has 0 spiro atoms. The second-order valence-corrected chi connectivity index (χ2v) is 4.72. The van der Waals surface area contributed by atoms with Crippen LogP contribution in [0.25, 0.3) is 11.3 Å². The van der Waals surface area contributed by atoms with Gasteiger partial charge in [-0.05, 0) is 25.0 Å². The molecule has 2 rings (SSSR count). The molecule has 0 saturated carbocycles. The van der Waals surface area contributed by atoms with Crippen LogP contribution in [0.3, 0.4) is 0 Å². The Kier molecular flexibility index (Phi) is 4.32. The third-order valence-corrected chi connectivity index (χ3v) is 3.36. The van der Waals surface area contributed by atoms with Gasteiger partial charge < -0.3 is 4.57 Å². The average molecular weight is 277 g/mol. The van der Waals surface area contributed by atoms with Crippen molar-refractivity contribution < 1.29 is 8.78 Å². The van der Waals surface area contributed by atoms with Gasteiger partial charge in [-0.15, -0.1) is 0 Å². The van der Waals surface area contributed by atoms with E-state index in [1.807, 2.05) is 31.2 Å². The summed E-state index contributed by atoms with van der Waals surface area (Å²) in [5, 5.41) is 0. The second kappa shape index (κ2) is 5.99. The topological polar surface area (TPSA) is 22.0 Å². The smallest absolute Gasteiger partial charge is 0.256 e. The van der Waals surface area contributed by atoms with E-state index in [0.717, 1.165) is 17.5 Å². The van der Waals surface area contributed by atoms with Crippen molar-refractivity contribution in [3.05, 3.63) is 57.9 Å². The molecule has 0 saturated heterocycles. The normalized spacial score (nSPS) is 11.1. The molecule has 0 N–H and O–H groups in total. The molecule has 1 heterocycles. The Morgan fingerprint density at radius 2 is 1.85 bits per heavy atom. The number of aryl methyl sites for hydroxylation is 2. The molecule has 0 unspecified atom stereocenters. The predicted octanol–water partition coefficient (Wildman–Crippen LogP) is 3.65. The first-order chi connectivity index (χ1) is 9.54. The van der Waals surface area contributed by atoms with Crippen LogP contribution < -0.4 is 5.56 Å². The molecule has 1 aromatic carbocycles. The Balaban J connectivity index is 2.67. The number of rotatable bonds is 4. The van der Waals surface area contributed by atoms with Gasteiger partial charge in [-0.3, -0.25) is 4.79 Å². The van der Waals surface area contributed by atoms with Gasteiger partial charge in [0, 0.05) is 11.1 Å². The third kappa shape index (κ3) is 2.79. The maximum Gasteiger partial charge on any atom is 0.256 e. The van der Waals surface area contributed by atoms with Crippen molar-refractivity contribution in [2.45, 2.75) is 33.2 Å². The van der Waals surface area contributed by atoms with Gasteiger partial charge in [0.15, 0.2) is 0 Å². The molecule has 0 amide bonds. The number of halogens is 2. The summed E-state index contributed by atoms with van der Waals surface area (Å²) in [6.07, 6.45) is -1.77. The number of hydrogen-bond acceptors (Lipinski definition) is 1. The molecule has 0 fully saturated rings. The molecule has 0 aliphatic heterocycles. The second-order valence-electron chi connectivity index (χ2n) is 4.72. The lowest BCUT2D eigenvalue weighted by Crippen LogP contribution is -2.26. The van der Waals surface area contributed by atoms with E-state index in [9.17, 15) is 13.6 Å². The zero-order chi connectivity index (χ0) is 14.7. The molecule has 20 heavy (non-hydrogen) atoms. The minimum absolute atomic E-state index is 0.353. The van der Waals surface area contributed by atoms with E-state index >= 15 is 0 Å². The first-order valence-electron chi connectivity index (χ1n) is 6.61. The zero-order valence-corrected chi connectivity index (χ0v) is 11.6. The van der Waals surface area contributed by atoms with Crippen LogP contribution in [0.4, 0.5) is 8.78 Å². The first kappa shape index (κ1) is 14.4. The Labute approximate surface area is 116 Å². The lowest BCUT2D eigenvalue weighted by molar-refractivity contribution is 0.126. The molecular formula is C16H17F2NO. The number of benzene rings is 1. The van der Waals surface area contributed by atoms with E-state index in [-0.39, 0.29) is 5.56 Å². The molecule has 2 aromatic rings. The Morgan fingerprint density at radius 1 is 1.15 bits per heavy atom. The van der Waals surface area contributed by atoms with Crippen LogP contribution in [0.2, 0.25) is 0 Å². The van der Waals surface area contributed by atoms with E-state index in [4.69, 9.17) is 0 Å². The highest BCUT2D eigenvalue weighted by Crippen LogP contribution is 2.24. The van der Waals surface area contributed by atoms with Gasteiger partial charge in [0.25, 0.3) is 12.0 Å². The minimum Gasteiger partial charge on any atom is -0.302 e. The maximum absolute atomic E-state index is 12.8. The lowest BCUT2D eigenvalue weighted by Gasteiger charge is -2.16. The number of nitrogens with zero attached hydrogens (tertiary/aromatic N) is 1. The zero-order valence-electron chi connectivity index (χ0n) is 11.6. The molecule has 2 nitrogen and oxygen atoms in total. The van der Waals surface area contributed by atoms with Crippen LogP contribution in [-0.4, -0.2) is 11.0 Å². The van der Waals surface area contributed by atoms with Crippen molar-refractivity contribution in [3.63, 3.8) is 0 Å². The fourth-order valence-electron chi connectivity index (χ4n) is 2.32. The standard InChI is InChI=1S/C16H17F2NO/c1-3-12-6-4-5-7-13(12)14-9-8-11(2)16(20)19(14)10-15(17)18/h4-9,15H,3,10H2,1-2H3. The Hall–Kier alpha value is -1.97. The van der Waals surface area contributed by atoms with Crippen molar-refractivity contribution in [1.29, 1.82) is 0 Å². The molecule has 0 atom stereocenters. The Bertz CT molecular complexity index is 662. The van der Waals surface area contributed by atoms with Crippen molar-refractivity contribution in [2.24, 2.45) is 0 Å². The number of pyridine rings is 1. The van der Waals surface area contributed by atoms with E-state index in [1.54, 1.807) is 19.1 Å². The molecule has 0 bridgehead atoms. The summed E-state index contributed by atoms with van der Waals surface area (Å²) in [7, 11) is 0. The van der Waals surface area contributed by atoms with E-state index in [1.165, 1.54) is 4.57 Å². The molecular weight excluding hydrogens is 260 g/mol. The van der Waals surface area contributed by atoms with Crippen LogP contribution in [-0.2, 0) is 13.0 Å². The van der Waals surface area contributed by atoms with Crippen molar-refractivity contribution >= 4 is 0 Å². The monoisotopic (exact) mass is 277 g/mol. The van der Waals surface area contributed by atoms with Gasteiger partial charge in [0.05, 0.1) is 12.2 Å². The summed E-state index contributed by atoms with van der Waals surface area (Å²) in [6, 6.07) is 11.0. The number of hydrogen-bond donors (Lipinski definition) is 0. The van der Waals surface area contributed by atoms with E-state index in [0.29, 0.717) is 11.3 Å². The molecule has 0 radical (unpaired) electrons. The quantitative estimate of drug-likeness (QED) is 0.836. The molecule has 1 aromatic heterocycles. The number of aromatic nitrogens is 1. The van der Waals surface area contributed by atoms with Crippen LogP contribution in [0, 0.1) is 6.92 Å². The van der Waals surface area contributed by atoms with Gasteiger partial charge >= 0.3 is 0 Å². The lowest BCUT2D eigenvalue weighted by atomic mass is 10.0. The minimum atomic E-state index is -2.55.